The van der Waals surface area contributed by atoms with Crippen LogP contribution in [-0.4, -0.2) is 26.9 Å². The van der Waals surface area contributed by atoms with Crippen molar-refractivity contribution in [1.29, 1.82) is 0 Å². The summed E-state index contributed by atoms with van der Waals surface area (Å²) >= 11 is 0. The van der Waals surface area contributed by atoms with Crippen molar-refractivity contribution in [2.45, 2.75) is 19.9 Å². The molecule has 0 saturated carbocycles. The highest BCUT2D eigenvalue weighted by atomic mass is 16.5. The van der Waals surface area contributed by atoms with Crippen molar-refractivity contribution >= 4 is 27.9 Å². The fourth-order valence-corrected chi connectivity index (χ4v) is 3.14. The molecule has 7 heteroatoms. The first-order chi connectivity index (χ1) is 12.2. The van der Waals surface area contributed by atoms with Gasteiger partial charge in [0.2, 0.25) is 5.88 Å². The maximum absolute atomic E-state index is 5.95. The molecule has 0 radical (unpaired) electrons. The Hall–Kier alpha value is -3.09. The summed E-state index contributed by atoms with van der Waals surface area (Å²) in [7, 11) is 3.53. The lowest BCUT2D eigenvalue weighted by Crippen LogP contribution is -2.05. The zero-order valence-corrected chi connectivity index (χ0v) is 14.4. The van der Waals surface area contributed by atoms with E-state index in [-0.39, 0.29) is 0 Å². The lowest BCUT2D eigenvalue weighted by atomic mass is 10.2. The number of hydrogen-bond donors (Lipinski definition) is 1. The predicted octanol–water partition coefficient (Wildman–Crippen LogP) is 3.29. The van der Waals surface area contributed by atoms with Gasteiger partial charge in [0.1, 0.15) is 17.4 Å². The molecule has 0 aliphatic carbocycles. The number of ether oxygens (including phenoxy) is 1. The molecule has 0 unspecified atom stereocenters. The number of methoxy groups -OCH3 is 1. The van der Waals surface area contributed by atoms with Crippen LogP contribution in [0.3, 0.4) is 0 Å². The summed E-state index contributed by atoms with van der Waals surface area (Å²) in [6.45, 7) is 2.62. The Morgan fingerprint density at radius 3 is 2.88 bits per heavy atom. The Balaban J connectivity index is 1.73. The van der Waals surface area contributed by atoms with Crippen LogP contribution in [0.4, 0.5) is 5.82 Å². The molecular weight excluding hydrogens is 318 g/mol. The molecule has 4 rings (SSSR count). The van der Waals surface area contributed by atoms with E-state index < -0.39 is 0 Å². The molecule has 0 saturated heterocycles. The number of furan rings is 1. The number of anilines is 1. The Bertz CT molecular complexity index is 1050. The smallest absolute Gasteiger partial charge is 0.216 e. The van der Waals surface area contributed by atoms with Crippen molar-refractivity contribution in [2.75, 3.05) is 12.4 Å². The second-order valence-electron chi connectivity index (χ2n) is 5.76. The van der Waals surface area contributed by atoms with E-state index in [0.29, 0.717) is 17.9 Å². The van der Waals surface area contributed by atoms with Crippen LogP contribution in [-0.2, 0) is 20.0 Å². The Morgan fingerprint density at radius 1 is 1.24 bits per heavy atom. The molecular formula is C18H19N5O2. The van der Waals surface area contributed by atoms with E-state index in [1.807, 2.05) is 31.3 Å². The highest BCUT2D eigenvalue weighted by Gasteiger charge is 2.17. The van der Waals surface area contributed by atoms with E-state index in [9.17, 15) is 0 Å². The van der Waals surface area contributed by atoms with Crippen molar-refractivity contribution < 1.29 is 9.15 Å². The number of nitrogens with zero attached hydrogens (tertiary/aromatic N) is 4. The summed E-state index contributed by atoms with van der Waals surface area (Å²) in [5.41, 5.74) is 4.29. The molecule has 1 N–H and O–H groups in total. The van der Waals surface area contributed by atoms with Gasteiger partial charge in [-0.1, -0.05) is 19.1 Å². The quantitative estimate of drug-likeness (QED) is 0.602. The first-order valence-electron chi connectivity index (χ1n) is 8.17. The zero-order chi connectivity index (χ0) is 17.4. The summed E-state index contributed by atoms with van der Waals surface area (Å²) in [6, 6.07) is 7.84. The van der Waals surface area contributed by atoms with Gasteiger partial charge >= 0.3 is 0 Å². The largest absolute Gasteiger partial charge is 0.481 e. The van der Waals surface area contributed by atoms with Crippen molar-refractivity contribution in [2.24, 2.45) is 7.05 Å². The van der Waals surface area contributed by atoms with Gasteiger partial charge in [0.15, 0.2) is 11.4 Å². The molecule has 7 nitrogen and oxygen atoms in total. The number of fused-ring (bicyclic) bond motifs is 3. The molecule has 0 aliphatic heterocycles. The first kappa shape index (κ1) is 15.4. The third kappa shape index (κ3) is 2.48. The minimum absolute atomic E-state index is 0.545. The fraction of sp³-hybridized carbons (Fsp3) is 0.278. The standard InChI is InChI=1S/C18H19N5O2/c1-4-13-12(18(24-3)23(2)22-13)9-19-17-16-15(20-10-21-17)11-7-5-6-8-14(11)25-16/h5-8,10H,4,9H2,1-3H3,(H,19,20,21). The minimum Gasteiger partial charge on any atom is -0.481 e. The topological polar surface area (TPSA) is 78.0 Å². The summed E-state index contributed by atoms with van der Waals surface area (Å²) in [5, 5.41) is 8.84. The van der Waals surface area contributed by atoms with Crippen molar-refractivity contribution in [3.05, 3.63) is 41.9 Å². The maximum atomic E-state index is 5.95. The number of hydrogen-bond acceptors (Lipinski definition) is 6. The number of benzene rings is 1. The van der Waals surface area contributed by atoms with Crippen LogP contribution in [0.2, 0.25) is 0 Å². The Kier molecular flexibility index (Phi) is 3.76. The highest BCUT2D eigenvalue weighted by Crippen LogP contribution is 2.31. The highest BCUT2D eigenvalue weighted by molar-refractivity contribution is 6.05. The van der Waals surface area contributed by atoms with Gasteiger partial charge in [0.25, 0.3) is 0 Å². The first-order valence-corrected chi connectivity index (χ1v) is 8.17. The van der Waals surface area contributed by atoms with Gasteiger partial charge in [-0.2, -0.15) is 5.10 Å². The van der Waals surface area contributed by atoms with E-state index in [4.69, 9.17) is 9.15 Å². The van der Waals surface area contributed by atoms with E-state index >= 15 is 0 Å². The molecule has 0 aliphatic rings. The van der Waals surface area contributed by atoms with Crippen LogP contribution in [0, 0.1) is 0 Å². The summed E-state index contributed by atoms with van der Waals surface area (Å²) in [4.78, 5) is 8.72. The summed E-state index contributed by atoms with van der Waals surface area (Å²) in [6.07, 6.45) is 2.38. The summed E-state index contributed by atoms with van der Waals surface area (Å²) < 4.78 is 13.2. The van der Waals surface area contributed by atoms with Crippen LogP contribution in [0.15, 0.2) is 35.0 Å². The number of nitrogens with one attached hydrogen (secondary N) is 1. The maximum Gasteiger partial charge on any atom is 0.216 e. The number of rotatable bonds is 5. The monoisotopic (exact) mass is 337 g/mol. The summed E-state index contributed by atoms with van der Waals surface area (Å²) in [5.74, 6) is 1.41. The second-order valence-corrected chi connectivity index (χ2v) is 5.76. The van der Waals surface area contributed by atoms with Crippen LogP contribution in [0.5, 0.6) is 5.88 Å². The van der Waals surface area contributed by atoms with E-state index in [1.54, 1.807) is 18.1 Å². The second kappa shape index (κ2) is 6.08. The minimum atomic E-state index is 0.545. The fourth-order valence-electron chi connectivity index (χ4n) is 3.14. The number of aryl methyl sites for hydroxylation is 2. The third-order valence-corrected chi connectivity index (χ3v) is 4.29. The lowest BCUT2D eigenvalue weighted by molar-refractivity contribution is 0.369. The van der Waals surface area contributed by atoms with Crippen LogP contribution in [0.1, 0.15) is 18.2 Å². The number of aromatic nitrogens is 4. The van der Waals surface area contributed by atoms with Gasteiger partial charge in [0.05, 0.1) is 18.4 Å². The lowest BCUT2D eigenvalue weighted by Gasteiger charge is -2.08. The van der Waals surface area contributed by atoms with Crippen molar-refractivity contribution in [3.8, 4) is 5.88 Å². The van der Waals surface area contributed by atoms with Crippen LogP contribution in [0.25, 0.3) is 22.1 Å². The average Bonchev–Trinajstić information content (AvgIpc) is 3.17. The molecule has 0 spiro atoms. The van der Waals surface area contributed by atoms with Gasteiger partial charge in [0, 0.05) is 19.0 Å². The Morgan fingerprint density at radius 2 is 2.08 bits per heavy atom. The van der Waals surface area contributed by atoms with Crippen molar-refractivity contribution in [3.63, 3.8) is 0 Å². The van der Waals surface area contributed by atoms with E-state index in [0.717, 1.165) is 40.0 Å². The van der Waals surface area contributed by atoms with Gasteiger partial charge in [-0.15, -0.1) is 0 Å². The molecule has 25 heavy (non-hydrogen) atoms. The third-order valence-electron chi connectivity index (χ3n) is 4.29. The SMILES string of the molecule is CCc1nn(C)c(OC)c1CNc1ncnc2c1oc1ccccc12. The molecule has 0 fully saturated rings. The molecule has 0 atom stereocenters. The molecule has 128 valence electrons. The molecule has 3 heterocycles. The van der Waals surface area contributed by atoms with Gasteiger partial charge in [-0.25, -0.2) is 14.6 Å². The number of para-hydroxylation sites is 1. The molecule has 0 bridgehead atoms. The van der Waals surface area contributed by atoms with Gasteiger partial charge in [-0.3, -0.25) is 0 Å². The molecule has 4 aromatic rings. The van der Waals surface area contributed by atoms with E-state index in [1.165, 1.54) is 0 Å². The normalized spacial score (nSPS) is 11.3. The molecule has 3 aromatic heterocycles. The average molecular weight is 337 g/mol. The van der Waals surface area contributed by atoms with Gasteiger partial charge < -0.3 is 14.5 Å². The Labute approximate surface area is 144 Å². The van der Waals surface area contributed by atoms with E-state index in [2.05, 4.69) is 27.3 Å². The predicted molar refractivity (Wildman–Crippen MR) is 95.8 cm³/mol. The molecule has 1 aromatic carbocycles. The van der Waals surface area contributed by atoms with Crippen LogP contribution < -0.4 is 10.1 Å². The molecule has 0 amide bonds. The van der Waals surface area contributed by atoms with Crippen LogP contribution >= 0.6 is 0 Å². The van der Waals surface area contributed by atoms with Crippen molar-refractivity contribution in [1.82, 2.24) is 19.7 Å². The zero-order valence-electron chi connectivity index (χ0n) is 14.4. The van der Waals surface area contributed by atoms with Gasteiger partial charge in [-0.05, 0) is 18.6 Å².